The summed E-state index contributed by atoms with van der Waals surface area (Å²) in [5.41, 5.74) is -0.664. The van der Waals surface area contributed by atoms with E-state index in [2.05, 4.69) is 9.97 Å². The summed E-state index contributed by atoms with van der Waals surface area (Å²) in [7, 11) is -2.60. The smallest absolute Gasteiger partial charge is 0.312 e. The molecule has 0 aliphatic heterocycles. The minimum absolute atomic E-state index is 0.00991. The number of sulfonamides is 1. The van der Waals surface area contributed by atoms with Crippen molar-refractivity contribution in [2.75, 3.05) is 7.05 Å². The number of aromatic hydroxyl groups is 1. The van der Waals surface area contributed by atoms with Gasteiger partial charge in [-0.1, -0.05) is 0 Å². The van der Waals surface area contributed by atoms with Crippen molar-refractivity contribution in [3.8, 4) is 5.75 Å². The van der Waals surface area contributed by atoms with Gasteiger partial charge in [0.1, 0.15) is 5.82 Å². The molecule has 0 aliphatic rings. The number of phenolic OH excluding ortho intramolecular Hbond substituents is 1. The van der Waals surface area contributed by atoms with Crippen LogP contribution in [0.1, 0.15) is 5.82 Å². The summed E-state index contributed by atoms with van der Waals surface area (Å²) in [6.45, 7) is -0.00991. The molecule has 1 aromatic heterocycles. The van der Waals surface area contributed by atoms with Gasteiger partial charge >= 0.3 is 5.69 Å². The molecule has 9 nitrogen and oxygen atoms in total. The second kappa shape index (κ2) is 5.50. The number of phenols is 1. The third-order valence-electron chi connectivity index (χ3n) is 2.78. The lowest BCUT2D eigenvalue weighted by molar-refractivity contribution is -0.386. The SMILES string of the molecule is CN(Cc1ncc[nH]1)S(=O)(=O)c1ccc(O)c([N+](=O)[O-])c1. The molecular weight excluding hydrogens is 300 g/mol. The molecular formula is C11H12N4O5S. The lowest BCUT2D eigenvalue weighted by Gasteiger charge is -2.15. The van der Waals surface area contributed by atoms with Gasteiger partial charge in [-0.05, 0) is 12.1 Å². The van der Waals surface area contributed by atoms with E-state index >= 15 is 0 Å². The maximum atomic E-state index is 12.3. The van der Waals surface area contributed by atoms with Crippen LogP contribution in [0.15, 0.2) is 35.5 Å². The Morgan fingerprint density at radius 1 is 1.48 bits per heavy atom. The van der Waals surface area contributed by atoms with E-state index in [0.717, 1.165) is 22.5 Å². The van der Waals surface area contributed by atoms with Crippen LogP contribution in [0.2, 0.25) is 0 Å². The van der Waals surface area contributed by atoms with Crippen molar-refractivity contribution in [2.24, 2.45) is 0 Å². The molecule has 0 spiro atoms. The molecule has 0 radical (unpaired) electrons. The first-order chi connectivity index (χ1) is 9.82. The number of aromatic amines is 1. The molecule has 0 unspecified atom stereocenters. The average molecular weight is 312 g/mol. The number of nitro groups is 1. The van der Waals surface area contributed by atoms with Gasteiger partial charge in [-0.25, -0.2) is 13.4 Å². The van der Waals surface area contributed by atoms with E-state index in [1.165, 1.54) is 13.2 Å². The number of hydrogen-bond donors (Lipinski definition) is 2. The normalized spacial score (nSPS) is 11.7. The number of aromatic nitrogens is 2. The fourth-order valence-electron chi connectivity index (χ4n) is 1.67. The van der Waals surface area contributed by atoms with E-state index in [1.807, 2.05) is 0 Å². The number of imidazole rings is 1. The quantitative estimate of drug-likeness (QED) is 0.621. The summed E-state index contributed by atoms with van der Waals surface area (Å²) in [6.07, 6.45) is 3.04. The summed E-state index contributed by atoms with van der Waals surface area (Å²) in [5, 5.41) is 20.1. The number of nitrogens with zero attached hydrogens (tertiary/aromatic N) is 3. The van der Waals surface area contributed by atoms with Gasteiger partial charge in [-0.2, -0.15) is 4.31 Å². The summed E-state index contributed by atoms with van der Waals surface area (Å²) >= 11 is 0. The highest BCUT2D eigenvalue weighted by Crippen LogP contribution is 2.29. The van der Waals surface area contributed by atoms with Gasteiger partial charge < -0.3 is 10.1 Å². The molecule has 0 saturated carbocycles. The molecule has 0 amide bonds. The predicted molar refractivity (Wildman–Crippen MR) is 72.0 cm³/mol. The number of nitrogens with one attached hydrogen (secondary N) is 1. The number of hydrogen-bond acceptors (Lipinski definition) is 6. The van der Waals surface area contributed by atoms with Crippen molar-refractivity contribution in [3.63, 3.8) is 0 Å². The Balaban J connectivity index is 2.35. The maximum Gasteiger partial charge on any atom is 0.312 e. The third kappa shape index (κ3) is 3.01. The van der Waals surface area contributed by atoms with E-state index in [9.17, 15) is 23.6 Å². The monoisotopic (exact) mass is 312 g/mol. The highest BCUT2D eigenvalue weighted by molar-refractivity contribution is 7.89. The van der Waals surface area contributed by atoms with Crippen LogP contribution in [0.25, 0.3) is 0 Å². The minimum Gasteiger partial charge on any atom is -0.502 e. The Labute approximate surface area is 120 Å². The highest BCUT2D eigenvalue weighted by Gasteiger charge is 2.25. The number of nitro benzene ring substituents is 1. The van der Waals surface area contributed by atoms with E-state index in [4.69, 9.17) is 0 Å². The molecule has 0 aliphatic carbocycles. The molecule has 1 aromatic carbocycles. The summed E-state index contributed by atoms with van der Waals surface area (Å²) in [4.78, 5) is 16.3. The fraction of sp³-hybridized carbons (Fsp3) is 0.182. The molecule has 2 aromatic rings. The maximum absolute atomic E-state index is 12.3. The van der Waals surface area contributed by atoms with E-state index < -0.39 is 26.4 Å². The van der Waals surface area contributed by atoms with Gasteiger partial charge in [-0.15, -0.1) is 0 Å². The minimum atomic E-state index is -3.93. The van der Waals surface area contributed by atoms with Gasteiger partial charge in [0.15, 0.2) is 5.75 Å². The standard InChI is InChI=1S/C11H12N4O5S/c1-14(7-11-12-4-5-13-11)21(19,20)8-2-3-10(16)9(6-8)15(17)18/h2-6,16H,7H2,1H3,(H,12,13). The molecule has 21 heavy (non-hydrogen) atoms. The number of benzene rings is 1. The molecule has 0 saturated heterocycles. The molecule has 112 valence electrons. The Hall–Kier alpha value is -2.46. The first-order valence-electron chi connectivity index (χ1n) is 5.74. The molecule has 10 heteroatoms. The molecule has 0 atom stereocenters. The second-order valence-corrected chi connectivity index (χ2v) is 6.25. The molecule has 2 N–H and O–H groups in total. The van der Waals surface area contributed by atoms with Gasteiger partial charge in [0, 0.05) is 25.5 Å². The highest BCUT2D eigenvalue weighted by atomic mass is 32.2. The first-order valence-corrected chi connectivity index (χ1v) is 7.18. The Morgan fingerprint density at radius 2 is 2.19 bits per heavy atom. The van der Waals surface area contributed by atoms with Crippen LogP contribution >= 0.6 is 0 Å². The van der Waals surface area contributed by atoms with Crippen LogP contribution in [0.4, 0.5) is 5.69 Å². The van der Waals surface area contributed by atoms with Crippen molar-refractivity contribution >= 4 is 15.7 Å². The van der Waals surface area contributed by atoms with E-state index in [-0.39, 0.29) is 11.4 Å². The topological polar surface area (TPSA) is 129 Å². The fourth-order valence-corrected chi connectivity index (χ4v) is 2.82. The van der Waals surface area contributed by atoms with Crippen molar-refractivity contribution < 1.29 is 18.4 Å². The van der Waals surface area contributed by atoms with E-state index in [1.54, 1.807) is 6.20 Å². The Morgan fingerprint density at radius 3 is 2.76 bits per heavy atom. The zero-order valence-corrected chi connectivity index (χ0v) is 11.7. The molecule has 0 bridgehead atoms. The Bertz CT molecular complexity index is 757. The van der Waals surface area contributed by atoms with Crippen LogP contribution in [0, 0.1) is 10.1 Å². The van der Waals surface area contributed by atoms with Crippen LogP contribution in [-0.4, -0.2) is 39.8 Å². The Kier molecular flexibility index (Phi) is 3.91. The first kappa shape index (κ1) is 14.9. The van der Waals surface area contributed by atoms with Crippen molar-refractivity contribution in [1.29, 1.82) is 0 Å². The largest absolute Gasteiger partial charge is 0.502 e. The lowest BCUT2D eigenvalue weighted by Crippen LogP contribution is -2.27. The van der Waals surface area contributed by atoms with E-state index in [0.29, 0.717) is 5.82 Å². The molecule has 2 rings (SSSR count). The average Bonchev–Trinajstić information content (AvgIpc) is 2.91. The van der Waals surface area contributed by atoms with Gasteiger partial charge in [0.2, 0.25) is 10.0 Å². The van der Waals surface area contributed by atoms with Crippen molar-refractivity contribution in [2.45, 2.75) is 11.4 Å². The van der Waals surface area contributed by atoms with Crippen molar-refractivity contribution in [1.82, 2.24) is 14.3 Å². The van der Waals surface area contributed by atoms with Gasteiger partial charge in [0.05, 0.1) is 16.4 Å². The summed E-state index contributed by atoms with van der Waals surface area (Å²) in [5.74, 6) is -0.151. The number of H-pyrrole nitrogens is 1. The van der Waals surface area contributed by atoms with Crippen molar-refractivity contribution in [3.05, 3.63) is 46.5 Å². The molecule has 0 fully saturated rings. The number of rotatable bonds is 5. The summed E-state index contributed by atoms with van der Waals surface area (Å²) in [6, 6.07) is 2.91. The van der Waals surface area contributed by atoms with Crippen LogP contribution in [0.5, 0.6) is 5.75 Å². The van der Waals surface area contributed by atoms with Gasteiger partial charge in [0.25, 0.3) is 0 Å². The summed E-state index contributed by atoms with van der Waals surface area (Å²) < 4.78 is 25.7. The van der Waals surface area contributed by atoms with Gasteiger partial charge in [-0.3, -0.25) is 10.1 Å². The van der Waals surface area contributed by atoms with Crippen LogP contribution in [0.3, 0.4) is 0 Å². The predicted octanol–water partition coefficient (Wildman–Crippen LogP) is 0.844. The third-order valence-corrected chi connectivity index (χ3v) is 4.58. The second-order valence-electron chi connectivity index (χ2n) is 4.20. The zero-order chi connectivity index (χ0) is 15.6. The zero-order valence-electron chi connectivity index (χ0n) is 10.9. The van der Waals surface area contributed by atoms with Crippen LogP contribution in [-0.2, 0) is 16.6 Å². The lowest BCUT2D eigenvalue weighted by atomic mass is 10.3. The van der Waals surface area contributed by atoms with Crippen LogP contribution < -0.4 is 0 Å². The molecule has 1 heterocycles.